The number of carbonyl (C=O) groups excluding carboxylic acids is 1. The molecule has 1 aliphatic heterocycles. The van der Waals surface area contributed by atoms with Crippen molar-refractivity contribution in [2.45, 2.75) is 38.1 Å². The summed E-state index contributed by atoms with van der Waals surface area (Å²) in [6.07, 6.45) is 0.0929. The molecule has 0 unspecified atom stereocenters. The van der Waals surface area contributed by atoms with Crippen molar-refractivity contribution in [1.29, 1.82) is 0 Å². The molecular weight excluding hydrogens is 432 g/mol. The first-order chi connectivity index (χ1) is 14.9. The van der Waals surface area contributed by atoms with E-state index in [1.165, 1.54) is 11.8 Å². The summed E-state index contributed by atoms with van der Waals surface area (Å²) in [6, 6.07) is 15.7. The first kappa shape index (κ1) is 21.9. The van der Waals surface area contributed by atoms with Crippen LogP contribution in [0.15, 0.2) is 53.7 Å². The minimum absolute atomic E-state index is 0.0464. The highest BCUT2D eigenvalue weighted by Crippen LogP contribution is 2.29. The fourth-order valence-corrected chi connectivity index (χ4v) is 4.73. The molecule has 6 nitrogen and oxygen atoms in total. The highest BCUT2D eigenvalue weighted by atomic mass is 35.5. The first-order valence-electron chi connectivity index (χ1n) is 10.2. The van der Waals surface area contributed by atoms with Crippen LogP contribution < -0.4 is 0 Å². The van der Waals surface area contributed by atoms with Gasteiger partial charge in [0.1, 0.15) is 0 Å². The lowest BCUT2D eigenvalue weighted by Crippen LogP contribution is -2.48. The summed E-state index contributed by atoms with van der Waals surface area (Å²) in [5.74, 6) is 1.09. The Balaban J connectivity index is 1.61. The van der Waals surface area contributed by atoms with Gasteiger partial charge in [-0.05, 0) is 62.7 Å². The van der Waals surface area contributed by atoms with Crippen LogP contribution in [-0.4, -0.2) is 56.6 Å². The van der Waals surface area contributed by atoms with Crippen molar-refractivity contribution < 1.29 is 9.53 Å². The Labute approximate surface area is 191 Å². The van der Waals surface area contributed by atoms with Gasteiger partial charge in [-0.2, -0.15) is 0 Å². The third-order valence-electron chi connectivity index (χ3n) is 5.09. The molecule has 0 N–H and O–H groups in total. The molecule has 2 atom stereocenters. The van der Waals surface area contributed by atoms with Gasteiger partial charge in [0.25, 0.3) is 0 Å². The SMILES string of the molecule is Cc1cccc(-n2c(SCC(=O)N3C[C@@H](C)O[C@H](C)C3)nnc2-c2ccc(Cl)cc2)c1. The van der Waals surface area contributed by atoms with Gasteiger partial charge in [-0.3, -0.25) is 9.36 Å². The number of aryl methyl sites for hydroxylation is 1. The van der Waals surface area contributed by atoms with Gasteiger partial charge < -0.3 is 9.64 Å². The van der Waals surface area contributed by atoms with Crippen LogP contribution in [0.5, 0.6) is 0 Å². The molecule has 0 saturated carbocycles. The van der Waals surface area contributed by atoms with E-state index in [4.69, 9.17) is 16.3 Å². The van der Waals surface area contributed by atoms with Crippen molar-refractivity contribution in [2.24, 2.45) is 0 Å². The zero-order chi connectivity index (χ0) is 22.0. The second-order valence-corrected chi connectivity index (χ2v) is 9.21. The van der Waals surface area contributed by atoms with Gasteiger partial charge in [0.05, 0.1) is 18.0 Å². The molecule has 0 aliphatic carbocycles. The highest BCUT2D eigenvalue weighted by Gasteiger charge is 2.26. The van der Waals surface area contributed by atoms with Crippen molar-refractivity contribution in [3.63, 3.8) is 0 Å². The fourth-order valence-electron chi connectivity index (χ4n) is 3.75. The van der Waals surface area contributed by atoms with Crippen LogP contribution >= 0.6 is 23.4 Å². The largest absolute Gasteiger partial charge is 0.372 e. The smallest absolute Gasteiger partial charge is 0.233 e. The summed E-state index contributed by atoms with van der Waals surface area (Å²) >= 11 is 7.46. The second-order valence-electron chi connectivity index (χ2n) is 7.83. The molecule has 31 heavy (non-hydrogen) atoms. The summed E-state index contributed by atoms with van der Waals surface area (Å²) in [7, 11) is 0. The van der Waals surface area contributed by atoms with Crippen LogP contribution in [0.1, 0.15) is 19.4 Å². The minimum Gasteiger partial charge on any atom is -0.372 e. The number of amides is 1. The number of morpholine rings is 1. The average molecular weight is 457 g/mol. The van der Waals surface area contributed by atoms with Gasteiger partial charge in [-0.15, -0.1) is 10.2 Å². The molecule has 3 aromatic rings. The minimum atomic E-state index is 0.0464. The number of hydrogen-bond acceptors (Lipinski definition) is 5. The van der Waals surface area contributed by atoms with Crippen molar-refractivity contribution in [3.05, 3.63) is 59.1 Å². The van der Waals surface area contributed by atoms with Gasteiger partial charge in [0.2, 0.25) is 5.91 Å². The number of nitrogens with zero attached hydrogens (tertiary/aromatic N) is 4. The number of benzene rings is 2. The Morgan fingerprint density at radius 3 is 2.52 bits per heavy atom. The molecule has 1 aliphatic rings. The summed E-state index contributed by atoms with van der Waals surface area (Å²) in [5.41, 5.74) is 3.00. The first-order valence-corrected chi connectivity index (χ1v) is 11.6. The van der Waals surface area contributed by atoms with Gasteiger partial charge in [0, 0.05) is 29.4 Å². The van der Waals surface area contributed by atoms with Crippen molar-refractivity contribution in [3.8, 4) is 17.1 Å². The monoisotopic (exact) mass is 456 g/mol. The molecule has 4 rings (SSSR count). The Morgan fingerprint density at radius 2 is 1.84 bits per heavy atom. The van der Waals surface area contributed by atoms with E-state index in [0.29, 0.717) is 34.8 Å². The maximum atomic E-state index is 12.9. The summed E-state index contributed by atoms with van der Waals surface area (Å²) < 4.78 is 7.74. The number of rotatable bonds is 5. The van der Waals surface area contributed by atoms with Crippen LogP contribution in [0.25, 0.3) is 17.1 Å². The van der Waals surface area contributed by atoms with E-state index >= 15 is 0 Å². The number of ether oxygens (including phenoxy) is 1. The third kappa shape index (κ3) is 5.11. The molecule has 2 aromatic carbocycles. The Hall–Kier alpha value is -2.35. The van der Waals surface area contributed by atoms with Crippen LogP contribution in [-0.2, 0) is 9.53 Å². The van der Waals surface area contributed by atoms with Gasteiger partial charge in [0.15, 0.2) is 11.0 Å². The van der Waals surface area contributed by atoms with E-state index in [2.05, 4.69) is 16.3 Å². The number of halogens is 1. The quantitative estimate of drug-likeness (QED) is 0.524. The van der Waals surface area contributed by atoms with Crippen LogP contribution in [0.4, 0.5) is 0 Å². The average Bonchev–Trinajstić information content (AvgIpc) is 3.16. The lowest BCUT2D eigenvalue weighted by atomic mass is 10.2. The molecule has 1 amide bonds. The maximum Gasteiger partial charge on any atom is 0.233 e. The predicted molar refractivity (Wildman–Crippen MR) is 124 cm³/mol. The number of aromatic nitrogens is 3. The highest BCUT2D eigenvalue weighted by molar-refractivity contribution is 7.99. The molecular formula is C23H25ClN4O2S. The lowest BCUT2D eigenvalue weighted by molar-refractivity contribution is -0.140. The topological polar surface area (TPSA) is 60.2 Å². The summed E-state index contributed by atoms with van der Waals surface area (Å²) in [6.45, 7) is 7.27. The lowest BCUT2D eigenvalue weighted by Gasteiger charge is -2.35. The zero-order valence-electron chi connectivity index (χ0n) is 17.8. The van der Waals surface area contributed by atoms with Crippen LogP contribution in [0.3, 0.4) is 0 Å². The molecule has 1 saturated heterocycles. The zero-order valence-corrected chi connectivity index (χ0v) is 19.4. The summed E-state index contributed by atoms with van der Waals surface area (Å²) in [4.78, 5) is 14.7. The molecule has 8 heteroatoms. The standard InChI is InChI=1S/C23H25ClN4O2S/c1-15-5-4-6-20(11-15)28-22(18-7-9-19(24)10-8-18)25-26-23(28)31-14-21(29)27-12-16(2)30-17(3)13-27/h4-11,16-17H,12-14H2,1-3H3/t16-,17-/m1/s1. The fraction of sp³-hybridized carbons (Fsp3) is 0.348. The van der Waals surface area contributed by atoms with E-state index in [1.54, 1.807) is 0 Å². The number of thioether (sulfide) groups is 1. The molecule has 162 valence electrons. The molecule has 1 aromatic heterocycles. The van der Waals surface area contributed by atoms with Crippen molar-refractivity contribution in [1.82, 2.24) is 19.7 Å². The number of hydrogen-bond donors (Lipinski definition) is 0. The maximum absolute atomic E-state index is 12.9. The Bertz CT molecular complexity index is 1060. The van der Waals surface area contributed by atoms with Gasteiger partial charge in [-0.25, -0.2) is 0 Å². The molecule has 0 radical (unpaired) electrons. The van der Waals surface area contributed by atoms with Crippen LogP contribution in [0, 0.1) is 6.92 Å². The summed E-state index contributed by atoms with van der Waals surface area (Å²) in [5, 5.41) is 10.2. The molecule has 0 spiro atoms. The van der Waals surface area contributed by atoms with Gasteiger partial charge in [-0.1, -0.05) is 35.5 Å². The van der Waals surface area contributed by atoms with Gasteiger partial charge >= 0.3 is 0 Å². The molecule has 0 bridgehead atoms. The molecule has 2 heterocycles. The Kier molecular flexibility index (Phi) is 6.65. The van der Waals surface area contributed by atoms with E-state index in [-0.39, 0.29) is 18.1 Å². The van der Waals surface area contributed by atoms with Crippen molar-refractivity contribution in [2.75, 3.05) is 18.8 Å². The van der Waals surface area contributed by atoms with E-state index < -0.39 is 0 Å². The van der Waals surface area contributed by atoms with E-state index in [0.717, 1.165) is 16.8 Å². The van der Waals surface area contributed by atoms with E-state index in [1.807, 2.05) is 72.7 Å². The molecule has 1 fully saturated rings. The third-order valence-corrected chi connectivity index (χ3v) is 6.26. The number of carbonyl (C=O) groups is 1. The van der Waals surface area contributed by atoms with E-state index in [9.17, 15) is 4.79 Å². The predicted octanol–water partition coefficient (Wildman–Crippen LogP) is 4.62. The van der Waals surface area contributed by atoms with Crippen molar-refractivity contribution >= 4 is 29.3 Å². The normalized spacial score (nSPS) is 18.9. The van der Waals surface area contributed by atoms with Crippen LogP contribution in [0.2, 0.25) is 5.02 Å². The second kappa shape index (κ2) is 9.42. The Morgan fingerprint density at radius 1 is 1.13 bits per heavy atom.